The van der Waals surface area contributed by atoms with Crippen molar-refractivity contribution in [2.45, 2.75) is 26.2 Å². The second kappa shape index (κ2) is 3.32. The molecule has 3 N–H and O–H groups in total. The Morgan fingerprint density at radius 3 is 2.94 bits per heavy atom. The number of aromatic nitrogens is 2. The van der Waals surface area contributed by atoms with Gasteiger partial charge in [-0.15, -0.1) is 0 Å². The van der Waals surface area contributed by atoms with Crippen molar-refractivity contribution in [2.24, 2.45) is 11.1 Å². The van der Waals surface area contributed by atoms with Crippen LogP contribution in [0.4, 0.5) is 0 Å². The number of aromatic amines is 1. The van der Waals surface area contributed by atoms with E-state index in [2.05, 4.69) is 28.2 Å². The number of hydrogen-bond acceptors (Lipinski definition) is 2. The maximum atomic E-state index is 5.81. The summed E-state index contributed by atoms with van der Waals surface area (Å²) in [5.41, 5.74) is 9.79. The first kappa shape index (κ1) is 9.85. The molecule has 2 aromatic rings. The van der Waals surface area contributed by atoms with Crippen LogP contribution in [0.15, 0.2) is 18.2 Å². The number of H-pyrrole nitrogens is 1. The molecule has 1 aliphatic carbocycles. The van der Waals surface area contributed by atoms with Crippen molar-refractivity contribution in [3.8, 4) is 0 Å². The third kappa shape index (κ3) is 1.61. The first-order chi connectivity index (χ1) is 7.71. The van der Waals surface area contributed by atoms with Crippen LogP contribution in [0.2, 0.25) is 0 Å². The van der Waals surface area contributed by atoms with Gasteiger partial charge in [-0.1, -0.05) is 6.07 Å². The fraction of sp³-hybridized carbons (Fsp3) is 0.462. The Labute approximate surface area is 95.1 Å². The molecule has 1 saturated carbocycles. The maximum Gasteiger partial charge on any atom is 0.104 e. The molecular weight excluding hydrogens is 198 g/mol. The predicted molar refractivity (Wildman–Crippen MR) is 65.3 cm³/mol. The van der Waals surface area contributed by atoms with Crippen molar-refractivity contribution in [1.29, 1.82) is 0 Å². The number of benzene rings is 1. The molecule has 1 aliphatic rings. The zero-order valence-corrected chi connectivity index (χ0v) is 9.59. The summed E-state index contributed by atoms with van der Waals surface area (Å²) in [6, 6.07) is 6.49. The summed E-state index contributed by atoms with van der Waals surface area (Å²) in [7, 11) is 0. The van der Waals surface area contributed by atoms with Gasteiger partial charge in [-0.25, -0.2) is 4.98 Å². The molecule has 0 aliphatic heterocycles. The Bertz CT molecular complexity index is 523. The van der Waals surface area contributed by atoms with E-state index in [0.717, 1.165) is 29.8 Å². The van der Waals surface area contributed by atoms with Gasteiger partial charge in [0.1, 0.15) is 5.82 Å². The molecule has 0 saturated heterocycles. The van der Waals surface area contributed by atoms with Gasteiger partial charge in [-0.2, -0.15) is 0 Å². The lowest BCUT2D eigenvalue weighted by Gasteiger charge is -2.11. The number of fused-ring (bicyclic) bond motifs is 1. The van der Waals surface area contributed by atoms with Crippen LogP contribution < -0.4 is 5.73 Å². The average Bonchev–Trinajstić information content (AvgIpc) is 2.93. The van der Waals surface area contributed by atoms with Crippen molar-refractivity contribution in [2.75, 3.05) is 6.54 Å². The monoisotopic (exact) mass is 215 g/mol. The minimum atomic E-state index is 0.405. The number of nitrogens with one attached hydrogen (secondary N) is 1. The summed E-state index contributed by atoms with van der Waals surface area (Å²) in [5, 5.41) is 0. The van der Waals surface area contributed by atoms with E-state index < -0.39 is 0 Å². The van der Waals surface area contributed by atoms with E-state index in [0.29, 0.717) is 5.41 Å². The number of imidazole rings is 1. The molecule has 3 rings (SSSR count). The number of nitrogens with zero attached hydrogens (tertiary/aromatic N) is 1. The summed E-state index contributed by atoms with van der Waals surface area (Å²) >= 11 is 0. The summed E-state index contributed by atoms with van der Waals surface area (Å²) < 4.78 is 0. The van der Waals surface area contributed by atoms with Gasteiger partial charge >= 0.3 is 0 Å². The standard InChI is InChI=1S/C13H17N3/c1-9-15-11-3-2-10(6-12(11)16-9)7-13(8-14)4-5-13/h2-3,6H,4-5,7-8,14H2,1H3,(H,15,16). The Balaban J connectivity index is 1.92. The van der Waals surface area contributed by atoms with E-state index in [9.17, 15) is 0 Å². The van der Waals surface area contributed by atoms with Gasteiger partial charge in [0.2, 0.25) is 0 Å². The van der Waals surface area contributed by atoms with Crippen molar-refractivity contribution in [1.82, 2.24) is 9.97 Å². The van der Waals surface area contributed by atoms with E-state index in [1.165, 1.54) is 18.4 Å². The molecule has 84 valence electrons. The van der Waals surface area contributed by atoms with E-state index >= 15 is 0 Å². The Hall–Kier alpha value is -1.35. The fourth-order valence-corrected chi connectivity index (χ4v) is 2.36. The normalized spacial score (nSPS) is 17.9. The molecule has 3 nitrogen and oxygen atoms in total. The predicted octanol–water partition coefficient (Wildman–Crippen LogP) is 2.15. The van der Waals surface area contributed by atoms with Crippen LogP contribution in [-0.4, -0.2) is 16.5 Å². The van der Waals surface area contributed by atoms with E-state index in [1.807, 2.05) is 6.92 Å². The first-order valence-electron chi connectivity index (χ1n) is 5.86. The minimum absolute atomic E-state index is 0.405. The molecular formula is C13H17N3. The van der Waals surface area contributed by atoms with Crippen LogP contribution in [-0.2, 0) is 6.42 Å². The van der Waals surface area contributed by atoms with Gasteiger partial charge in [-0.05, 0) is 55.8 Å². The molecule has 16 heavy (non-hydrogen) atoms. The lowest BCUT2D eigenvalue weighted by Crippen LogP contribution is -2.17. The Kier molecular flexibility index (Phi) is 2.04. The van der Waals surface area contributed by atoms with Crippen LogP contribution in [0, 0.1) is 12.3 Å². The molecule has 0 unspecified atom stereocenters. The number of hydrogen-bond donors (Lipinski definition) is 2. The van der Waals surface area contributed by atoms with Crippen LogP contribution in [0.1, 0.15) is 24.2 Å². The zero-order valence-electron chi connectivity index (χ0n) is 9.59. The molecule has 3 heteroatoms. The van der Waals surface area contributed by atoms with Gasteiger partial charge in [0.15, 0.2) is 0 Å². The zero-order chi connectivity index (χ0) is 11.2. The maximum absolute atomic E-state index is 5.81. The van der Waals surface area contributed by atoms with Crippen molar-refractivity contribution in [3.63, 3.8) is 0 Å². The van der Waals surface area contributed by atoms with Crippen LogP contribution in [0.5, 0.6) is 0 Å². The topological polar surface area (TPSA) is 54.7 Å². The van der Waals surface area contributed by atoms with Crippen molar-refractivity contribution >= 4 is 11.0 Å². The number of aryl methyl sites for hydroxylation is 1. The third-order valence-corrected chi connectivity index (χ3v) is 3.63. The fourth-order valence-electron chi connectivity index (χ4n) is 2.36. The molecule has 1 aromatic heterocycles. The minimum Gasteiger partial charge on any atom is -0.342 e. The van der Waals surface area contributed by atoms with Gasteiger partial charge in [0.05, 0.1) is 11.0 Å². The summed E-state index contributed by atoms with van der Waals surface area (Å²) in [5.74, 6) is 0.979. The molecule has 1 fully saturated rings. The van der Waals surface area contributed by atoms with Crippen LogP contribution in [0.3, 0.4) is 0 Å². The lowest BCUT2D eigenvalue weighted by molar-refractivity contribution is 0.521. The van der Waals surface area contributed by atoms with Crippen LogP contribution in [0.25, 0.3) is 11.0 Å². The van der Waals surface area contributed by atoms with Crippen molar-refractivity contribution < 1.29 is 0 Å². The summed E-state index contributed by atoms with van der Waals surface area (Å²) in [6.07, 6.45) is 3.67. The molecule has 0 spiro atoms. The molecule has 0 bridgehead atoms. The van der Waals surface area contributed by atoms with E-state index in [1.54, 1.807) is 0 Å². The van der Waals surface area contributed by atoms with Gasteiger partial charge in [0.25, 0.3) is 0 Å². The molecule has 1 aromatic carbocycles. The van der Waals surface area contributed by atoms with E-state index in [-0.39, 0.29) is 0 Å². The van der Waals surface area contributed by atoms with Crippen LogP contribution >= 0.6 is 0 Å². The summed E-state index contributed by atoms with van der Waals surface area (Å²) in [6.45, 7) is 2.80. The highest BCUT2D eigenvalue weighted by atomic mass is 14.9. The highest BCUT2D eigenvalue weighted by Gasteiger charge is 2.40. The highest BCUT2D eigenvalue weighted by Crippen LogP contribution is 2.47. The molecule has 0 radical (unpaired) electrons. The average molecular weight is 215 g/mol. The highest BCUT2D eigenvalue weighted by molar-refractivity contribution is 5.75. The second-order valence-corrected chi connectivity index (χ2v) is 5.05. The molecule has 1 heterocycles. The smallest absolute Gasteiger partial charge is 0.104 e. The van der Waals surface area contributed by atoms with Crippen molar-refractivity contribution in [3.05, 3.63) is 29.6 Å². The second-order valence-electron chi connectivity index (χ2n) is 5.05. The molecule has 0 amide bonds. The SMILES string of the molecule is Cc1nc2ccc(CC3(CN)CC3)cc2[nH]1. The van der Waals surface area contributed by atoms with Gasteiger partial charge in [-0.3, -0.25) is 0 Å². The molecule has 0 atom stereocenters. The largest absolute Gasteiger partial charge is 0.342 e. The summed E-state index contributed by atoms with van der Waals surface area (Å²) in [4.78, 5) is 7.69. The number of rotatable bonds is 3. The lowest BCUT2D eigenvalue weighted by atomic mass is 9.96. The quantitative estimate of drug-likeness (QED) is 0.824. The van der Waals surface area contributed by atoms with E-state index in [4.69, 9.17) is 5.73 Å². The number of nitrogens with two attached hydrogens (primary N) is 1. The first-order valence-corrected chi connectivity index (χ1v) is 5.86. The van der Waals surface area contributed by atoms with Gasteiger partial charge in [0, 0.05) is 0 Å². The third-order valence-electron chi connectivity index (χ3n) is 3.63. The van der Waals surface area contributed by atoms with Gasteiger partial charge < -0.3 is 10.7 Å². The Morgan fingerprint density at radius 1 is 1.44 bits per heavy atom. The Morgan fingerprint density at radius 2 is 2.25 bits per heavy atom.